The summed E-state index contributed by atoms with van der Waals surface area (Å²) < 4.78 is 4.96. The zero-order valence-electron chi connectivity index (χ0n) is 12.0. The van der Waals surface area contributed by atoms with E-state index in [-0.39, 0.29) is 23.0 Å². The van der Waals surface area contributed by atoms with Gasteiger partial charge < -0.3 is 15.4 Å². The number of rotatable bonds is 5. The first-order valence-electron chi connectivity index (χ1n) is 6.26. The van der Waals surface area contributed by atoms with Gasteiger partial charge in [-0.15, -0.1) is 0 Å². The molecule has 21 heavy (non-hydrogen) atoms. The molecule has 2 N–H and O–H groups in total. The van der Waals surface area contributed by atoms with E-state index in [1.807, 2.05) is 13.8 Å². The summed E-state index contributed by atoms with van der Waals surface area (Å²) in [6.07, 6.45) is 0. The third-order valence-electron chi connectivity index (χ3n) is 2.52. The van der Waals surface area contributed by atoms with Gasteiger partial charge in [0.25, 0.3) is 5.69 Å². The van der Waals surface area contributed by atoms with Crippen LogP contribution in [0.15, 0.2) is 18.2 Å². The standard InChI is InChI=1S/C13H17N3O5/c1-8(2)7-14-12(17)13(18)15-10-5-4-9(16(19)20)6-11(10)21-3/h4-6,8H,7H2,1-3H3,(H,14,17)(H,15,18). The number of nitro groups is 1. The number of amides is 2. The van der Waals surface area contributed by atoms with Crippen LogP contribution in [0, 0.1) is 16.0 Å². The van der Waals surface area contributed by atoms with E-state index in [2.05, 4.69) is 10.6 Å². The van der Waals surface area contributed by atoms with Crippen molar-refractivity contribution in [3.8, 4) is 5.75 Å². The van der Waals surface area contributed by atoms with Gasteiger partial charge in [0.15, 0.2) is 0 Å². The van der Waals surface area contributed by atoms with Gasteiger partial charge in [0.05, 0.1) is 23.8 Å². The molecule has 8 nitrogen and oxygen atoms in total. The molecule has 0 aliphatic carbocycles. The Kier molecular flexibility index (Phi) is 5.65. The minimum absolute atomic E-state index is 0.106. The number of nitro benzene ring substituents is 1. The molecule has 0 heterocycles. The van der Waals surface area contributed by atoms with Gasteiger partial charge in [-0.25, -0.2) is 0 Å². The Balaban J connectivity index is 2.80. The van der Waals surface area contributed by atoms with Gasteiger partial charge in [-0.3, -0.25) is 19.7 Å². The van der Waals surface area contributed by atoms with Crippen molar-refractivity contribution >= 4 is 23.2 Å². The molecule has 1 rings (SSSR count). The van der Waals surface area contributed by atoms with Crippen LogP contribution >= 0.6 is 0 Å². The van der Waals surface area contributed by atoms with E-state index in [1.165, 1.54) is 25.3 Å². The van der Waals surface area contributed by atoms with Crippen molar-refractivity contribution in [2.24, 2.45) is 5.92 Å². The topological polar surface area (TPSA) is 111 Å². The quantitative estimate of drug-likeness (QED) is 0.483. The monoisotopic (exact) mass is 295 g/mol. The summed E-state index contributed by atoms with van der Waals surface area (Å²) >= 11 is 0. The number of hydrogen-bond acceptors (Lipinski definition) is 5. The number of carbonyl (C=O) groups is 2. The zero-order valence-corrected chi connectivity index (χ0v) is 12.0. The number of anilines is 1. The van der Waals surface area contributed by atoms with Crippen molar-refractivity contribution in [2.45, 2.75) is 13.8 Å². The van der Waals surface area contributed by atoms with E-state index in [4.69, 9.17) is 4.74 Å². The molecule has 0 aliphatic heterocycles. The number of hydrogen-bond donors (Lipinski definition) is 2. The lowest BCUT2D eigenvalue weighted by Gasteiger charge is -2.10. The highest BCUT2D eigenvalue weighted by molar-refractivity contribution is 6.39. The molecule has 0 bridgehead atoms. The Morgan fingerprint density at radius 3 is 2.52 bits per heavy atom. The number of ether oxygens (including phenoxy) is 1. The summed E-state index contributed by atoms with van der Waals surface area (Å²) in [5.74, 6) is -1.31. The van der Waals surface area contributed by atoms with Gasteiger partial charge >= 0.3 is 11.8 Å². The van der Waals surface area contributed by atoms with E-state index < -0.39 is 16.7 Å². The molecule has 0 atom stereocenters. The van der Waals surface area contributed by atoms with Gasteiger partial charge in [0.1, 0.15) is 5.75 Å². The third-order valence-corrected chi connectivity index (χ3v) is 2.52. The molecule has 0 aromatic heterocycles. The molecule has 0 aliphatic rings. The smallest absolute Gasteiger partial charge is 0.313 e. The maximum atomic E-state index is 11.7. The fraction of sp³-hybridized carbons (Fsp3) is 0.385. The van der Waals surface area contributed by atoms with Gasteiger partial charge in [0, 0.05) is 12.6 Å². The Morgan fingerprint density at radius 1 is 1.33 bits per heavy atom. The maximum Gasteiger partial charge on any atom is 0.313 e. The molecule has 0 unspecified atom stereocenters. The van der Waals surface area contributed by atoms with Crippen LogP contribution in [0.2, 0.25) is 0 Å². The van der Waals surface area contributed by atoms with Crippen molar-refractivity contribution in [2.75, 3.05) is 19.0 Å². The SMILES string of the molecule is COc1cc([N+](=O)[O-])ccc1NC(=O)C(=O)NCC(C)C. The largest absolute Gasteiger partial charge is 0.494 e. The molecule has 0 spiro atoms. The van der Waals surface area contributed by atoms with E-state index >= 15 is 0 Å². The summed E-state index contributed by atoms with van der Waals surface area (Å²) in [7, 11) is 1.31. The normalized spacial score (nSPS) is 10.1. The van der Waals surface area contributed by atoms with Crippen LogP contribution in [0.1, 0.15) is 13.8 Å². The molecule has 1 aromatic rings. The Morgan fingerprint density at radius 2 is 2.00 bits per heavy atom. The van der Waals surface area contributed by atoms with Crippen molar-refractivity contribution in [1.29, 1.82) is 0 Å². The van der Waals surface area contributed by atoms with Crippen LogP contribution in [-0.2, 0) is 9.59 Å². The number of benzene rings is 1. The van der Waals surface area contributed by atoms with Crippen LogP contribution in [0.5, 0.6) is 5.75 Å². The lowest BCUT2D eigenvalue weighted by molar-refractivity contribution is -0.384. The first-order chi connectivity index (χ1) is 9.85. The van der Waals surface area contributed by atoms with Gasteiger partial charge in [-0.2, -0.15) is 0 Å². The third kappa shape index (κ3) is 4.75. The summed E-state index contributed by atoms with van der Waals surface area (Å²) in [5, 5.41) is 15.5. The van der Waals surface area contributed by atoms with Gasteiger partial charge in [0.2, 0.25) is 0 Å². The van der Waals surface area contributed by atoms with Crippen LogP contribution in [0.25, 0.3) is 0 Å². The zero-order chi connectivity index (χ0) is 16.0. The predicted molar refractivity (Wildman–Crippen MR) is 76.1 cm³/mol. The van der Waals surface area contributed by atoms with Crippen molar-refractivity contribution < 1.29 is 19.2 Å². The van der Waals surface area contributed by atoms with Crippen molar-refractivity contribution in [1.82, 2.24) is 5.32 Å². The number of carbonyl (C=O) groups excluding carboxylic acids is 2. The summed E-state index contributed by atoms with van der Waals surface area (Å²) in [6, 6.07) is 3.69. The average molecular weight is 295 g/mol. The Bertz CT molecular complexity index is 557. The van der Waals surface area contributed by atoms with Crippen LogP contribution in [0.4, 0.5) is 11.4 Å². The molecular formula is C13H17N3O5. The lowest BCUT2D eigenvalue weighted by Crippen LogP contribution is -2.37. The fourth-order valence-electron chi connectivity index (χ4n) is 1.45. The highest BCUT2D eigenvalue weighted by atomic mass is 16.6. The summed E-state index contributed by atoms with van der Waals surface area (Å²) in [5.41, 5.74) is 0.0157. The lowest BCUT2D eigenvalue weighted by atomic mass is 10.2. The molecular weight excluding hydrogens is 278 g/mol. The van der Waals surface area contributed by atoms with Crippen molar-refractivity contribution in [3.63, 3.8) is 0 Å². The number of nitrogens with zero attached hydrogens (tertiary/aromatic N) is 1. The summed E-state index contributed by atoms with van der Waals surface area (Å²) in [4.78, 5) is 33.3. The van der Waals surface area contributed by atoms with Crippen LogP contribution in [0.3, 0.4) is 0 Å². The second-order valence-electron chi connectivity index (χ2n) is 4.70. The average Bonchev–Trinajstić information content (AvgIpc) is 2.44. The molecule has 8 heteroatoms. The molecule has 2 amide bonds. The minimum Gasteiger partial charge on any atom is -0.494 e. The molecule has 114 valence electrons. The number of nitrogens with one attached hydrogen (secondary N) is 2. The van der Waals surface area contributed by atoms with E-state index in [9.17, 15) is 19.7 Å². The second-order valence-corrected chi connectivity index (χ2v) is 4.70. The van der Waals surface area contributed by atoms with Crippen LogP contribution < -0.4 is 15.4 Å². The van der Waals surface area contributed by atoms with E-state index in [0.29, 0.717) is 6.54 Å². The fourth-order valence-corrected chi connectivity index (χ4v) is 1.45. The number of methoxy groups -OCH3 is 1. The van der Waals surface area contributed by atoms with Gasteiger partial charge in [-0.1, -0.05) is 13.8 Å². The van der Waals surface area contributed by atoms with E-state index in [0.717, 1.165) is 0 Å². The highest BCUT2D eigenvalue weighted by Crippen LogP contribution is 2.28. The van der Waals surface area contributed by atoms with Crippen LogP contribution in [-0.4, -0.2) is 30.4 Å². The highest BCUT2D eigenvalue weighted by Gasteiger charge is 2.17. The van der Waals surface area contributed by atoms with Gasteiger partial charge in [-0.05, 0) is 12.0 Å². The Labute approximate surface area is 121 Å². The maximum absolute atomic E-state index is 11.7. The molecule has 0 fully saturated rings. The first kappa shape index (κ1) is 16.4. The first-order valence-corrected chi connectivity index (χ1v) is 6.26. The second kappa shape index (κ2) is 7.22. The molecule has 0 saturated heterocycles. The minimum atomic E-state index is -0.859. The molecule has 1 aromatic carbocycles. The number of non-ortho nitro benzene ring substituents is 1. The van der Waals surface area contributed by atoms with E-state index in [1.54, 1.807) is 0 Å². The predicted octanol–water partition coefficient (Wildman–Crippen LogP) is 1.31. The molecule has 0 radical (unpaired) electrons. The Hall–Kier alpha value is -2.64. The molecule has 0 saturated carbocycles. The van der Waals surface area contributed by atoms with Crippen molar-refractivity contribution in [3.05, 3.63) is 28.3 Å². The summed E-state index contributed by atoms with van der Waals surface area (Å²) in [6.45, 7) is 4.18.